The lowest BCUT2D eigenvalue weighted by Gasteiger charge is -2.27. The zero-order chi connectivity index (χ0) is 18.4. The van der Waals surface area contributed by atoms with Gasteiger partial charge in [-0.2, -0.15) is 0 Å². The highest BCUT2D eigenvalue weighted by atomic mass is 16.5. The predicted octanol–water partition coefficient (Wildman–Crippen LogP) is 2.00. The number of aliphatic hydroxyl groups is 1. The Balaban J connectivity index is 1.94. The van der Waals surface area contributed by atoms with Crippen molar-refractivity contribution in [2.75, 3.05) is 13.2 Å². The quantitative estimate of drug-likeness (QED) is 0.717. The molecule has 1 saturated heterocycles. The Kier molecular flexibility index (Phi) is 7.41. The Labute approximate surface area is 151 Å². The molecule has 3 atom stereocenters. The van der Waals surface area contributed by atoms with Crippen molar-refractivity contribution in [3.05, 3.63) is 42.3 Å². The van der Waals surface area contributed by atoms with Crippen molar-refractivity contribution in [1.82, 2.24) is 10.2 Å². The largest absolute Gasteiger partial charge is 0.391 e. The lowest BCUT2D eigenvalue weighted by Crippen LogP contribution is -2.44. The first-order chi connectivity index (χ1) is 11.9. The molecule has 0 spiro atoms. The second kappa shape index (κ2) is 9.32. The molecule has 5 nitrogen and oxygen atoms in total. The highest BCUT2D eigenvalue weighted by Crippen LogP contribution is 2.21. The molecule has 1 radical (unpaired) electrons. The maximum atomic E-state index is 12.8. The van der Waals surface area contributed by atoms with Crippen molar-refractivity contribution in [3.63, 3.8) is 0 Å². The first-order valence-corrected chi connectivity index (χ1v) is 9.13. The Morgan fingerprint density at radius 2 is 1.92 bits per heavy atom. The number of nitrogens with one attached hydrogen (secondary N) is 1. The van der Waals surface area contributed by atoms with E-state index in [1.165, 1.54) is 0 Å². The van der Waals surface area contributed by atoms with E-state index in [9.17, 15) is 9.90 Å². The fraction of sp³-hybridized carbons (Fsp3) is 0.600. The smallest absolute Gasteiger partial charge is 0.243 e. The molecule has 2 rings (SSSR count). The number of benzene rings is 1. The number of nitrogens with zero attached hydrogens (tertiary/aromatic N) is 1. The van der Waals surface area contributed by atoms with Crippen molar-refractivity contribution in [2.24, 2.45) is 5.92 Å². The van der Waals surface area contributed by atoms with Gasteiger partial charge in [0.15, 0.2) is 0 Å². The maximum absolute atomic E-state index is 12.8. The summed E-state index contributed by atoms with van der Waals surface area (Å²) in [6, 6.07) is 9.35. The summed E-state index contributed by atoms with van der Waals surface area (Å²) in [7, 11) is 0. The molecule has 2 N–H and O–H groups in total. The Morgan fingerprint density at radius 3 is 2.52 bits per heavy atom. The molecule has 1 fully saturated rings. The van der Waals surface area contributed by atoms with Crippen molar-refractivity contribution in [2.45, 2.75) is 58.5 Å². The Morgan fingerprint density at radius 1 is 1.24 bits per heavy atom. The van der Waals surface area contributed by atoms with Gasteiger partial charge in [0.1, 0.15) is 6.04 Å². The van der Waals surface area contributed by atoms with Gasteiger partial charge in [-0.05, 0) is 38.2 Å². The lowest BCUT2D eigenvalue weighted by atomic mass is 10.0. The predicted molar refractivity (Wildman–Crippen MR) is 98.8 cm³/mol. The van der Waals surface area contributed by atoms with E-state index in [2.05, 4.69) is 19.2 Å². The van der Waals surface area contributed by atoms with Gasteiger partial charge in [0.05, 0.1) is 25.0 Å². The van der Waals surface area contributed by atoms with E-state index in [0.29, 0.717) is 19.6 Å². The number of hydrogen-bond acceptors (Lipinski definition) is 4. The van der Waals surface area contributed by atoms with Crippen LogP contribution in [0, 0.1) is 12.3 Å². The number of hydrogen-bond donors (Lipinski definition) is 2. The molecule has 5 heteroatoms. The van der Waals surface area contributed by atoms with Crippen LogP contribution in [0.4, 0.5) is 0 Å². The third-order valence-electron chi connectivity index (χ3n) is 4.43. The zero-order valence-electron chi connectivity index (χ0n) is 15.7. The van der Waals surface area contributed by atoms with E-state index < -0.39 is 12.1 Å². The van der Waals surface area contributed by atoms with Crippen LogP contribution in [0.25, 0.3) is 0 Å². The van der Waals surface area contributed by atoms with Crippen molar-refractivity contribution < 1.29 is 14.6 Å². The van der Waals surface area contributed by atoms with Gasteiger partial charge in [0, 0.05) is 6.54 Å². The van der Waals surface area contributed by atoms with Crippen LogP contribution in [0.15, 0.2) is 30.3 Å². The number of rotatable bonds is 9. The number of carbonyl (C=O) groups excluding carboxylic acids is 1. The minimum atomic E-state index is -0.815. The topological polar surface area (TPSA) is 61.8 Å². The first-order valence-electron chi connectivity index (χ1n) is 9.13. The van der Waals surface area contributed by atoms with Gasteiger partial charge < -0.3 is 14.7 Å². The van der Waals surface area contributed by atoms with E-state index in [1.54, 1.807) is 11.3 Å². The molecular formula is C20H31N2O3. The van der Waals surface area contributed by atoms with Gasteiger partial charge >= 0.3 is 0 Å². The number of ether oxygens (including phenoxy) is 1. The summed E-state index contributed by atoms with van der Waals surface area (Å²) < 4.78 is 5.59. The van der Waals surface area contributed by atoms with Crippen LogP contribution in [-0.4, -0.2) is 53.5 Å². The molecule has 1 aliphatic rings. The molecule has 1 aromatic rings. The van der Waals surface area contributed by atoms with Crippen molar-refractivity contribution >= 4 is 5.91 Å². The third-order valence-corrected chi connectivity index (χ3v) is 4.43. The third kappa shape index (κ3) is 5.53. The molecule has 1 unspecified atom stereocenters. The van der Waals surface area contributed by atoms with E-state index in [0.717, 1.165) is 5.56 Å². The van der Waals surface area contributed by atoms with Crippen LogP contribution >= 0.6 is 0 Å². The number of aliphatic hydroxyl groups excluding tert-OH is 1. The van der Waals surface area contributed by atoms with E-state index in [4.69, 9.17) is 4.74 Å². The molecule has 1 aliphatic heterocycles. The fourth-order valence-corrected chi connectivity index (χ4v) is 3.10. The monoisotopic (exact) mass is 347 g/mol. The maximum Gasteiger partial charge on any atom is 0.243 e. The minimum Gasteiger partial charge on any atom is -0.391 e. The lowest BCUT2D eigenvalue weighted by molar-refractivity contribution is -0.133. The average Bonchev–Trinajstić information content (AvgIpc) is 2.91. The molecule has 0 bridgehead atoms. The summed E-state index contributed by atoms with van der Waals surface area (Å²) in [6.07, 6.45) is 1.69. The summed E-state index contributed by atoms with van der Waals surface area (Å²) in [5.74, 6) is 0.206. The summed E-state index contributed by atoms with van der Waals surface area (Å²) in [5, 5.41) is 13.8. The second-order valence-electron chi connectivity index (χ2n) is 7.20. The minimum absolute atomic E-state index is 0.0529. The molecule has 0 saturated carbocycles. The molecular weight excluding hydrogens is 316 g/mol. The molecule has 1 aromatic carbocycles. The average molecular weight is 347 g/mol. The van der Waals surface area contributed by atoms with Crippen LogP contribution in [0.1, 0.15) is 33.3 Å². The van der Waals surface area contributed by atoms with Gasteiger partial charge in [-0.3, -0.25) is 10.1 Å². The van der Waals surface area contributed by atoms with Crippen LogP contribution < -0.4 is 5.32 Å². The van der Waals surface area contributed by atoms with Crippen LogP contribution in [0.3, 0.4) is 0 Å². The fourth-order valence-electron chi connectivity index (χ4n) is 3.10. The van der Waals surface area contributed by atoms with Gasteiger partial charge in [0.2, 0.25) is 5.91 Å². The standard InChI is InChI=1S/C20H31N2O3/c1-14(2)19-21-18(20(24)22(19)12-13-25-15(3)4)17(23)11-10-16-8-6-5-7-9-16/h5-9,11,14-15,17-19,21,23H,10,12-13H2,1-4H3/t17-,18+,19?/m1/s1. The summed E-state index contributed by atoms with van der Waals surface area (Å²) in [4.78, 5) is 14.6. The van der Waals surface area contributed by atoms with Crippen LogP contribution in [-0.2, 0) is 16.0 Å². The van der Waals surface area contributed by atoms with E-state index >= 15 is 0 Å². The highest BCUT2D eigenvalue weighted by Gasteiger charge is 2.43. The summed E-state index contributed by atoms with van der Waals surface area (Å²) in [5.41, 5.74) is 1.12. The van der Waals surface area contributed by atoms with E-state index in [1.807, 2.05) is 44.2 Å². The molecule has 1 heterocycles. The van der Waals surface area contributed by atoms with Crippen LogP contribution in [0.2, 0.25) is 0 Å². The van der Waals surface area contributed by atoms with Gasteiger partial charge in [-0.15, -0.1) is 0 Å². The van der Waals surface area contributed by atoms with Gasteiger partial charge in [-0.25, -0.2) is 0 Å². The second-order valence-corrected chi connectivity index (χ2v) is 7.20. The van der Waals surface area contributed by atoms with Gasteiger partial charge in [-0.1, -0.05) is 44.2 Å². The molecule has 25 heavy (non-hydrogen) atoms. The Bertz CT molecular complexity index is 533. The SMILES string of the molecule is CC(C)OCCN1C(=O)[C@H]([C@H](O)[CH]Cc2ccccc2)NC1C(C)C. The number of carbonyl (C=O) groups is 1. The summed E-state index contributed by atoms with van der Waals surface area (Å²) >= 11 is 0. The Hall–Kier alpha value is -1.43. The number of amides is 1. The zero-order valence-corrected chi connectivity index (χ0v) is 15.7. The molecule has 139 valence electrons. The molecule has 0 aliphatic carbocycles. The van der Waals surface area contributed by atoms with Crippen molar-refractivity contribution in [1.29, 1.82) is 0 Å². The highest BCUT2D eigenvalue weighted by molar-refractivity contribution is 5.85. The normalized spacial score (nSPS) is 22.2. The van der Waals surface area contributed by atoms with Crippen molar-refractivity contribution in [3.8, 4) is 0 Å². The molecule has 0 aromatic heterocycles. The first kappa shape index (κ1) is 19.9. The molecule has 1 amide bonds. The van der Waals surface area contributed by atoms with E-state index in [-0.39, 0.29) is 24.1 Å². The van der Waals surface area contributed by atoms with Crippen LogP contribution in [0.5, 0.6) is 0 Å². The summed E-state index contributed by atoms with van der Waals surface area (Å²) in [6.45, 7) is 9.15. The van der Waals surface area contributed by atoms with Gasteiger partial charge in [0.25, 0.3) is 0 Å².